The highest BCUT2D eigenvalue weighted by Crippen LogP contribution is 2.58. The lowest BCUT2D eigenvalue weighted by molar-refractivity contribution is -0.275. The number of halogens is 6. The van der Waals surface area contributed by atoms with E-state index in [1.54, 1.807) is 24.3 Å². The average Bonchev–Trinajstić information content (AvgIpc) is 3.35. The van der Waals surface area contributed by atoms with Crippen molar-refractivity contribution >= 4 is 63.9 Å². The molecule has 382 valence electrons. The van der Waals surface area contributed by atoms with Gasteiger partial charge in [0, 0.05) is 33.3 Å². The Bertz CT molecular complexity index is 2080. The Morgan fingerprint density at radius 2 is 0.714 bits per heavy atom. The van der Waals surface area contributed by atoms with Crippen LogP contribution in [0.1, 0.15) is 124 Å². The predicted molar refractivity (Wildman–Crippen MR) is 293 cm³/mol. The van der Waals surface area contributed by atoms with Crippen molar-refractivity contribution < 1.29 is 35.8 Å². The summed E-state index contributed by atoms with van der Waals surface area (Å²) >= 11 is 0. The topological polar surface area (TPSA) is 21.7 Å². The monoisotopic (exact) mass is 1040 g/mol. The van der Waals surface area contributed by atoms with Gasteiger partial charge in [-0.25, -0.2) is 4.44 Å². The van der Waals surface area contributed by atoms with Crippen LogP contribution in [-0.4, -0.2) is 33.3 Å². The molecule has 0 unspecified atom stereocenters. The third-order valence-electron chi connectivity index (χ3n) is 13.8. The second-order valence-corrected chi connectivity index (χ2v) is 32.7. The summed E-state index contributed by atoms with van der Waals surface area (Å²) < 4.78 is 98.6. The molecule has 0 aromatic heterocycles. The number of ether oxygens (including phenoxy) is 2. The molecular weight excluding hydrogens is 963 g/mol. The highest BCUT2D eigenvalue weighted by atomic mass is 31.2. The van der Waals surface area contributed by atoms with Crippen molar-refractivity contribution in [3.05, 3.63) is 133 Å². The van der Waals surface area contributed by atoms with Crippen molar-refractivity contribution in [1.29, 1.82) is 0 Å². The van der Waals surface area contributed by atoms with Gasteiger partial charge in [0.1, 0.15) is 11.5 Å². The van der Waals surface area contributed by atoms with Gasteiger partial charge in [-0.2, -0.15) is 0 Å². The maximum Gasteiger partial charge on any atom is 0.573 e. The number of nitrogens with zero attached hydrogens (tertiary/aromatic N) is 1. The first-order chi connectivity index (χ1) is 33.7. The number of unbranched alkanes of at least 4 members (excludes halogenated alkanes) is 6. The molecule has 70 heavy (non-hydrogen) atoms. The summed E-state index contributed by atoms with van der Waals surface area (Å²) in [5.74, 6) is -0.919. The molecule has 0 aliphatic carbocycles. The van der Waals surface area contributed by atoms with E-state index in [-0.39, 0.29) is 17.2 Å². The normalized spacial score (nSPS) is 12.6. The highest BCUT2D eigenvalue weighted by molar-refractivity contribution is 7.84. The van der Waals surface area contributed by atoms with Crippen molar-refractivity contribution in [2.24, 2.45) is 0 Å². The Balaban J connectivity index is 1.89. The van der Waals surface area contributed by atoms with Crippen LogP contribution in [0.15, 0.2) is 127 Å². The SMILES string of the molecule is CCCC[Si](CCCC)(CCCC)c1ccc(P(c2ccc([Si](CCCC)(CCCC)CCCC)cc2)N(Cc2ccccc2)P(c2ccccc2OC(F)(F)F)c2ccccc2OC(F)(F)F)cc1. The van der Waals surface area contributed by atoms with E-state index in [9.17, 15) is 26.3 Å². The zero-order chi connectivity index (χ0) is 50.6. The van der Waals surface area contributed by atoms with E-state index >= 15 is 0 Å². The van der Waals surface area contributed by atoms with Crippen LogP contribution in [0, 0.1) is 0 Å². The number of benzene rings is 5. The van der Waals surface area contributed by atoms with Gasteiger partial charge in [-0.15, -0.1) is 26.3 Å². The fraction of sp³-hybridized carbons (Fsp3) is 0.474. The molecular formula is C57H77F6NO2P2Si2. The molecule has 0 radical (unpaired) electrons. The quantitative estimate of drug-likeness (QED) is 0.0260. The standard InChI is InChI=1S/C57H77F6NO2P2Si2/c1-7-13-40-69(41-14-8-2,42-15-9-3)50-36-32-48(33-37-50)67(49-34-38-51(39-35-49)70(43-16-10-4,44-17-11-5)45-18-12-6)64(46-47-26-20-19-21-27-47)68(54-30-24-22-28-52(54)65-56(58,59)60)55-31-25-23-29-53(55)66-57(61,62)63/h19-39H,7-18,40-46H2,1-6H3. The number of hydrogen-bond acceptors (Lipinski definition) is 3. The summed E-state index contributed by atoms with van der Waals surface area (Å²) in [7, 11) is -7.82. The zero-order valence-corrected chi connectivity index (χ0v) is 46.3. The molecule has 0 fully saturated rings. The molecule has 0 N–H and O–H groups in total. The lowest BCUT2D eigenvalue weighted by atomic mass is 10.2. The molecule has 0 bridgehead atoms. The summed E-state index contributed by atoms with van der Waals surface area (Å²) in [4.78, 5) is 0. The van der Waals surface area contributed by atoms with Crippen LogP contribution >= 0.6 is 16.1 Å². The second kappa shape index (κ2) is 28.1. The van der Waals surface area contributed by atoms with Gasteiger partial charge in [0.25, 0.3) is 0 Å². The van der Waals surface area contributed by atoms with E-state index < -0.39 is 56.5 Å². The van der Waals surface area contributed by atoms with Crippen LogP contribution in [0.5, 0.6) is 11.5 Å². The maximum absolute atomic E-state index is 14.5. The molecule has 13 heteroatoms. The van der Waals surface area contributed by atoms with E-state index in [0.29, 0.717) is 0 Å². The molecule has 5 aromatic rings. The van der Waals surface area contributed by atoms with Crippen molar-refractivity contribution in [2.45, 2.75) is 174 Å². The third kappa shape index (κ3) is 16.3. The smallest absolute Gasteiger partial charge is 0.405 e. The lowest BCUT2D eigenvalue weighted by Crippen LogP contribution is -2.48. The largest absolute Gasteiger partial charge is 0.573 e. The number of alkyl halides is 6. The maximum atomic E-state index is 14.5. The minimum absolute atomic E-state index is 0.139. The van der Waals surface area contributed by atoms with Crippen molar-refractivity contribution in [2.75, 3.05) is 0 Å². The van der Waals surface area contributed by atoms with Gasteiger partial charge in [-0.1, -0.05) is 268 Å². The molecule has 0 aliphatic rings. The molecule has 3 nitrogen and oxygen atoms in total. The fourth-order valence-electron chi connectivity index (χ4n) is 10.1. The van der Waals surface area contributed by atoms with Gasteiger partial charge in [0.05, 0.1) is 16.1 Å². The Hall–Kier alpha value is -3.47. The fourth-order valence-corrected chi connectivity index (χ4v) is 27.3. The molecule has 0 aliphatic heterocycles. The van der Waals surface area contributed by atoms with Crippen LogP contribution in [0.25, 0.3) is 0 Å². The van der Waals surface area contributed by atoms with Gasteiger partial charge < -0.3 is 9.47 Å². The molecule has 5 aromatic carbocycles. The Morgan fingerprint density at radius 1 is 0.400 bits per heavy atom. The van der Waals surface area contributed by atoms with E-state index in [1.165, 1.54) is 109 Å². The van der Waals surface area contributed by atoms with E-state index in [2.05, 4.69) is 94.5 Å². The Kier molecular flexibility index (Phi) is 23.1. The molecule has 0 spiro atoms. The number of rotatable bonds is 30. The van der Waals surface area contributed by atoms with Crippen LogP contribution in [0.3, 0.4) is 0 Å². The van der Waals surface area contributed by atoms with Gasteiger partial charge >= 0.3 is 12.7 Å². The molecule has 0 saturated carbocycles. The third-order valence-corrected chi connectivity index (χ3v) is 30.3. The lowest BCUT2D eigenvalue weighted by Gasteiger charge is -2.40. The summed E-state index contributed by atoms with van der Waals surface area (Å²) in [5.41, 5.74) is 0.870. The first kappa shape index (κ1) is 57.4. The molecule has 0 saturated heterocycles. The van der Waals surface area contributed by atoms with E-state index in [0.717, 1.165) is 54.7 Å². The summed E-state index contributed by atoms with van der Waals surface area (Å²) in [6.07, 6.45) is 3.69. The first-order valence-electron chi connectivity index (χ1n) is 26.0. The van der Waals surface area contributed by atoms with Gasteiger partial charge in [-0.05, 0) is 40.4 Å². The molecule has 0 atom stereocenters. The van der Waals surface area contributed by atoms with Crippen LogP contribution in [0.2, 0.25) is 36.3 Å². The summed E-state index contributed by atoms with van der Waals surface area (Å²) in [5, 5.41) is 5.10. The van der Waals surface area contributed by atoms with Crippen molar-refractivity contribution in [3.63, 3.8) is 0 Å². The first-order valence-corrected chi connectivity index (χ1v) is 33.8. The van der Waals surface area contributed by atoms with Crippen LogP contribution in [-0.2, 0) is 6.54 Å². The summed E-state index contributed by atoms with van der Waals surface area (Å²) in [6.45, 7) is 13.8. The van der Waals surface area contributed by atoms with Gasteiger partial charge in [0.2, 0.25) is 0 Å². The van der Waals surface area contributed by atoms with Crippen LogP contribution in [0.4, 0.5) is 26.3 Å². The van der Waals surface area contributed by atoms with Crippen molar-refractivity contribution in [1.82, 2.24) is 4.44 Å². The zero-order valence-electron chi connectivity index (χ0n) is 42.5. The minimum atomic E-state index is -5.06. The van der Waals surface area contributed by atoms with Gasteiger partial charge in [-0.3, -0.25) is 0 Å². The molecule has 0 amide bonds. The molecule has 0 heterocycles. The van der Waals surface area contributed by atoms with E-state index in [1.807, 2.05) is 30.3 Å². The Labute approximate surface area is 420 Å². The molecule has 5 rings (SSSR count). The minimum Gasteiger partial charge on any atom is -0.405 e. The Morgan fingerprint density at radius 3 is 1.03 bits per heavy atom. The number of hydrogen-bond donors (Lipinski definition) is 0. The predicted octanol–water partition coefficient (Wildman–Crippen LogP) is 16.5. The number of para-hydroxylation sites is 2. The van der Waals surface area contributed by atoms with Gasteiger partial charge in [0.15, 0.2) is 0 Å². The average molecular weight is 1040 g/mol. The highest BCUT2D eigenvalue weighted by Gasteiger charge is 2.41. The van der Waals surface area contributed by atoms with Crippen LogP contribution < -0.4 is 41.1 Å². The van der Waals surface area contributed by atoms with E-state index in [4.69, 9.17) is 9.47 Å². The summed E-state index contributed by atoms with van der Waals surface area (Å²) in [6, 6.07) is 47.2. The van der Waals surface area contributed by atoms with Crippen molar-refractivity contribution in [3.8, 4) is 11.5 Å². The second-order valence-electron chi connectivity index (χ2n) is 18.9.